The first-order valence-corrected chi connectivity index (χ1v) is 10.9. The topological polar surface area (TPSA) is 76.1 Å². The minimum Gasteiger partial charge on any atom is -0.301 e. The van der Waals surface area contributed by atoms with Gasteiger partial charge in [-0.25, -0.2) is 17.8 Å². The van der Waals surface area contributed by atoms with E-state index in [1.54, 1.807) is 5.38 Å². The molecule has 0 aliphatic carbocycles. The Morgan fingerprint density at radius 3 is 2.50 bits per heavy atom. The fourth-order valence-electron chi connectivity index (χ4n) is 2.41. The molecule has 1 N–H and O–H groups in total. The molecule has 146 valence electrons. The number of thiazole rings is 1. The number of amides is 1. The number of rotatable bonds is 5. The van der Waals surface area contributed by atoms with Crippen LogP contribution >= 0.6 is 22.9 Å². The molecule has 0 fully saturated rings. The quantitative estimate of drug-likeness (QED) is 0.621. The predicted octanol–water partition coefficient (Wildman–Crippen LogP) is 4.79. The fraction of sp³-hybridized carbons (Fsp3) is 0.158. The molecule has 0 aliphatic heterocycles. The lowest BCUT2D eigenvalue weighted by Crippen LogP contribution is -2.44. The van der Waals surface area contributed by atoms with Gasteiger partial charge in [-0.05, 0) is 32.0 Å². The van der Waals surface area contributed by atoms with Gasteiger partial charge in [-0.15, -0.1) is 11.3 Å². The van der Waals surface area contributed by atoms with E-state index >= 15 is 0 Å². The van der Waals surface area contributed by atoms with Crippen LogP contribution in [0, 0.1) is 5.82 Å². The van der Waals surface area contributed by atoms with Crippen LogP contribution in [0.1, 0.15) is 13.8 Å². The van der Waals surface area contributed by atoms with Gasteiger partial charge in [0, 0.05) is 16.0 Å². The molecule has 0 spiro atoms. The molecule has 0 unspecified atom stereocenters. The van der Waals surface area contributed by atoms with Crippen LogP contribution in [0.5, 0.6) is 0 Å². The Hall–Kier alpha value is -2.29. The lowest BCUT2D eigenvalue weighted by atomic mass is 10.2. The van der Waals surface area contributed by atoms with Crippen LogP contribution in [0.3, 0.4) is 0 Å². The zero-order chi connectivity index (χ0) is 20.5. The maximum Gasteiger partial charge on any atom is 0.247 e. The van der Waals surface area contributed by atoms with Gasteiger partial charge in [-0.3, -0.25) is 4.79 Å². The lowest BCUT2D eigenvalue weighted by Gasteiger charge is -2.23. The average molecular weight is 439 g/mol. The van der Waals surface area contributed by atoms with E-state index in [2.05, 4.69) is 10.3 Å². The van der Waals surface area contributed by atoms with Crippen LogP contribution in [0.25, 0.3) is 11.3 Å². The van der Waals surface area contributed by atoms with Crippen molar-refractivity contribution in [3.05, 3.63) is 64.8 Å². The van der Waals surface area contributed by atoms with E-state index in [-0.39, 0.29) is 10.2 Å². The number of carbonyl (C=O) groups is 1. The summed E-state index contributed by atoms with van der Waals surface area (Å²) in [4.78, 5) is 16.4. The third-order valence-electron chi connectivity index (χ3n) is 4.20. The van der Waals surface area contributed by atoms with E-state index in [0.29, 0.717) is 5.69 Å². The van der Waals surface area contributed by atoms with Crippen LogP contribution < -0.4 is 5.32 Å². The minimum atomic E-state index is -4.32. The molecule has 0 saturated carbocycles. The first-order valence-electron chi connectivity index (χ1n) is 8.15. The number of hydrogen-bond donors (Lipinski definition) is 1. The first kappa shape index (κ1) is 20.4. The van der Waals surface area contributed by atoms with E-state index in [1.807, 2.05) is 30.3 Å². The van der Waals surface area contributed by atoms with Crippen molar-refractivity contribution in [3.63, 3.8) is 0 Å². The molecule has 1 aromatic heterocycles. The highest BCUT2D eigenvalue weighted by atomic mass is 35.5. The summed E-state index contributed by atoms with van der Waals surface area (Å²) in [6, 6.07) is 12.6. The number of benzene rings is 2. The molecule has 9 heteroatoms. The second-order valence-corrected chi connectivity index (χ2v) is 10.2. The summed E-state index contributed by atoms with van der Waals surface area (Å²) in [5.41, 5.74) is 1.53. The van der Waals surface area contributed by atoms with E-state index in [1.165, 1.54) is 31.3 Å². The summed E-state index contributed by atoms with van der Waals surface area (Å²) in [5, 5.41) is 4.59. The summed E-state index contributed by atoms with van der Waals surface area (Å²) < 4.78 is 38.0. The summed E-state index contributed by atoms with van der Waals surface area (Å²) in [7, 11) is -4.32. The van der Waals surface area contributed by atoms with Crippen molar-refractivity contribution in [1.82, 2.24) is 4.98 Å². The maximum atomic E-state index is 14.2. The molecule has 3 rings (SSSR count). The monoisotopic (exact) mass is 438 g/mol. The second-order valence-electron chi connectivity index (χ2n) is 6.45. The van der Waals surface area contributed by atoms with Gasteiger partial charge in [0.05, 0.1) is 5.69 Å². The lowest BCUT2D eigenvalue weighted by molar-refractivity contribution is -0.117. The zero-order valence-electron chi connectivity index (χ0n) is 14.9. The van der Waals surface area contributed by atoms with Gasteiger partial charge < -0.3 is 5.32 Å². The molecule has 0 saturated heterocycles. The highest BCUT2D eigenvalue weighted by Gasteiger charge is 2.44. The molecular formula is C19H16ClFN2O3S2. The Morgan fingerprint density at radius 1 is 1.18 bits per heavy atom. The number of anilines is 1. The van der Waals surface area contributed by atoms with E-state index in [4.69, 9.17) is 11.6 Å². The van der Waals surface area contributed by atoms with Crippen molar-refractivity contribution in [2.24, 2.45) is 0 Å². The Kier molecular flexibility index (Phi) is 5.56. The van der Waals surface area contributed by atoms with Gasteiger partial charge >= 0.3 is 0 Å². The van der Waals surface area contributed by atoms with Gasteiger partial charge in [0.25, 0.3) is 0 Å². The van der Waals surface area contributed by atoms with Crippen LogP contribution in [-0.2, 0) is 14.6 Å². The van der Waals surface area contributed by atoms with E-state index < -0.39 is 31.2 Å². The molecule has 0 bridgehead atoms. The number of nitrogens with zero attached hydrogens (tertiary/aromatic N) is 1. The Labute approximate surface area is 171 Å². The van der Waals surface area contributed by atoms with Gasteiger partial charge in [0.15, 0.2) is 15.0 Å². The molecule has 3 aromatic rings. The zero-order valence-corrected chi connectivity index (χ0v) is 17.3. The SMILES string of the molecule is CC(C)(C(=O)Nc1nc(-c2ccccc2)cs1)S(=O)(=O)c1ccc(Cl)cc1F. The summed E-state index contributed by atoms with van der Waals surface area (Å²) >= 11 is 6.85. The fourth-order valence-corrected chi connectivity index (χ4v) is 4.69. The number of hydrogen-bond acceptors (Lipinski definition) is 5. The molecule has 1 heterocycles. The summed E-state index contributed by atoms with van der Waals surface area (Å²) in [5.74, 6) is -1.82. The molecule has 0 atom stereocenters. The predicted molar refractivity (Wildman–Crippen MR) is 109 cm³/mol. The molecule has 0 radical (unpaired) electrons. The van der Waals surface area contributed by atoms with Crippen molar-refractivity contribution >= 4 is 43.8 Å². The largest absolute Gasteiger partial charge is 0.301 e. The van der Waals surface area contributed by atoms with Gasteiger partial charge in [0.2, 0.25) is 5.91 Å². The van der Waals surface area contributed by atoms with Crippen molar-refractivity contribution in [2.45, 2.75) is 23.5 Å². The third-order valence-corrected chi connectivity index (χ3v) is 7.63. The van der Waals surface area contributed by atoms with Crippen molar-refractivity contribution in [2.75, 3.05) is 5.32 Å². The summed E-state index contributed by atoms with van der Waals surface area (Å²) in [6.07, 6.45) is 0. The van der Waals surface area contributed by atoms with Crippen LogP contribution in [-0.4, -0.2) is 24.1 Å². The summed E-state index contributed by atoms with van der Waals surface area (Å²) in [6.45, 7) is 2.44. The Balaban J connectivity index is 1.86. The van der Waals surface area contributed by atoms with Crippen LogP contribution in [0.4, 0.5) is 9.52 Å². The van der Waals surface area contributed by atoms with Crippen molar-refractivity contribution in [1.29, 1.82) is 0 Å². The number of halogens is 2. The highest BCUT2D eigenvalue weighted by molar-refractivity contribution is 7.93. The smallest absolute Gasteiger partial charge is 0.247 e. The molecule has 2 aromatic carbocycles. The van der Waals surface area contributed by atoms with Gasteiger partial charge in [-0.2, -0.15) is 0 Å². The Morgan fingerprint density at radius 2 is 1.86 bits per heavy atom. The third kappa shape index (κ3) is 3.80. The molecule has 5 nitrogen and oxygen atoms in total. The standard InChI is InChI=1S/C19H16ClFN2O3S2/c1-19(2,28(25,26)16-9-8-13(20)10-14(16)21)17(24)23-18-22-15(11-27-18)12-6-4-3-5-7-12/h3-11H,1-2H3,(H,22,23,24). The van der Waals surface area contributed by atoms with Crippen molar-refractivity contribution in [3.8, 4) is 11.3 Å². The van der Waals surface area contributed by atoms with Crippen molar-refractivity contribution < 1.29 is 17.6 Å². The first-order chi connectivity index (χ1) is 13.1. The van der Waals surface area contributed by atoms with Gasteiger partial charge in [0.1, 0.15) is 15.5 Å². The average Bonchev–Trinajstić information content (AvgIpc) is 3.10. The molecule has 28 heavy (non-hydrogen) atoms. The molecular weight excluding hydrogens is 423 g/mol. The maximum absolute atomic E-state index is 14.2. The molecule has 0 aliphatic rings. The second kappa shape index (κ2) is 7.62. The van der Waals surface area contributed by atoms with Gasteiger partial charge in [-0.1, -0.05) is 41.9 Å². The number of sulfone groups is 1. The number of carbonyl (C=O) groups excluding carboxylic acids is 1. The Bertz CT molecular complexity index is 1130. The normalized spacial score (nSPS) is 12.0. The number of nitrogens with one attached hydrogen (secondary N) is 1. The minimum absolute atomic E-state index is 0.0648. The van der Waals surface area contributed by atoms with Crippen LogP contribution in [0.2, 0.25) is 5.02 Å². The highest BCUT2D eigenvalue weighted by Crippen LogP contribution is 2.31. The number of aromatic nitrogens is 1. The van der Waals surface area contributed by atoms with Crippen LogP contribution in [0.15, 0.2) is 58.8 Å². The van der Waals surface area contributed by atoms with E-state index in [9.17, 15) is 17.6 Å². The van der Waals surface area contributed by atoms with E-state index in [0.717, 1.165) is 17.7 Å². The molecule has 1 amide bonds.